The van der Waals surface area contributed by atoms with E-state index in [-0.39, 0.29) is 11.5 Å². The van der Waals surface area contributed by atoms with Gasteiger partial charge in [-0.1, -0.05) is 45.0 Å². The minimum atomic E-state index is -0.00922. The van der Waals surface area contributed by atoms with Crippen molar-refractivity contribution in [2.24, 2.45) is 5.73 Å². The van der Waals surface area contributed by atoms with Crippen LogP contribution in [0.1, 0.15) is 55.5 Å². The normalized spacial score (nSPS) is 13.5. The summed E-state index contributed by atoms with van der Waals surface area (Å²) in [6, 6.07) is 8.79. The zero-order valence-electron chi connectivity index (χ0n) is 12.2. The highest BCUT2D eigenvalue weighted by Crippen LogP contribution is 2.30. The van der Waals surface area contributed by atoms with Gasteiger partial charge in [-0.2, -0.15) is 11.3 Å². The average Bonchev–Trinajstić information content (AvgIpc) is 2.84. The summed E-state index contributed by atoms with van der Waals surface area (Å²) >= 11 is 1.72. The quantitative estimate of drug-likeness (QED) is 0.851. The monoisotopic (exact) mass is 273 g/mol. The van der Waals surface area contributed by atoms with Crippen molar-refractivity contribution in [3.05, 3.63) is 57.3 Å². The molecular weight excluding hydrogens is 250 g/mol. The third-order valence-electron chi connectivity index (χ3n) is 4.17. The van der Waals surface area contributed by atoms with Crippen LogP contribution in [0.25, 0.3) is 0 Å². The Kier molecular flexibility index (Phi) is 4.12. The predicted molar refractivity (Wildman–Crippen MR) is 84.8 cm³/mol. The summed E-state index contributed by atoms with van der Waals surface area (Å²) in [5, 5.41) is 4.31. The summed E-state index contributed by atoms with van der Waals surface area (Å²) in [5.74, 6) is 0. The lowest BCUT2D eigenvalue weighted by Crippen LogP contribution is -2.16. The molecule has 0 radical (unpaired) electrons. The number of thiophene rings is 1. The highest BCUT2D eigenvalue weighted by molar-refractivity contribution is 7.08. The van der Waals surface area contributed by atoms with E-state index in [0.717, 1.165) is 6.42 Å². The molecule has 19 heavy (non-hydrogen) atoms. The molecule has 2 N–H and O–H groups in total. The summed E-state index contributed by atoms with van der Waals surface area (Å²) in [5.41, 5.74) is 11.7. The van der Waals surface area contributed by atoms with Gasteiger partial charge in [-0.3, -0.25) is 0 Å². The maximum atomic E-state index is 6.36. The van der Waals surface area contributed by atoms with E-state index >= 15 is 0 Å². The number of hydrogen-bond donors (Lipinski definition) is 1. The molecule has 2 rings (SSSR count). The van der Waals surface area contributed by atoms with Crippen LogP contribution >= 0.6 is 11.3 Å². The molecule has 0 aliphatic heterocycles. The van der Waals surface area contributed by atoms with Crippen molar-refractivity contribution in [2.45, 2.75) is 45.6 Å². The third-order valence-corrected chi connectivity index (χ3v) is 5.05. The van der Waals surface area contributed by atoms with Crippen LogP contribution in [0.5, 0.6) is 0 Å². The van der Waals surface area contributed by atoms with E-state index in [0.29, 0.717) is 0 Å². The van der Waals surface area contributed by atoms with Gasteiger partial charge in [-0.15, -0.1) is 0 Å². The van der Waals surface area contributed by atoms with Crippen molar-refractivity contribution < 1.29 is 0 Å². The maximum absolute atomic E-state index is 6.36. The molecule has 1 unspecified atom stereocenters. The lowest BCUT2D eigenvalue weighted by molar-refractivity contribution is 0.506. The van der Waals surface area contributed by atoms with Crippen LogP contribution < -0.4 is 5.73 Å². The van der Waals surface area contributed by atoms with Gasteiger partial charge in [0.1, 0.15) is 0 Å². The number of hydrogen-bond acceptors (Lipinski definition) is 2. The Morgan fingerprint density at radius 2 is 1.79 bits per heavy atom. The summed E-state index contributed by atoms with van der Waals surface area (Å²) in [4.78, 5) is 0. The molecule has 0 amide bonds. The van der Waals surface area contributed by atoms with Gasteiger partial charge in [-0.05, 0) is 51.8 Å². The molecule has 0 saturated carbocycles. The third kappa shape index (κ3) is 2.90. The molecule has 1 aromatic heterocycles. The summed E-state index contributed by atoms with van der Waals surface area (Å²) in [7, 11) is 0. The Balaban J connectivity index is 2.26. The van der Waals surface area contributed by atoms with E-state index in [1.165, 1.54) is 22.3 Å². The second-order valence-corrected chi connectivity index (χ2v) is 6.59. The van der Waals surface area contributed by atoms with Crippen LogP contribution in [0, 0.1) is 6.92 Å². The molecule has 0 aliphatic carbocycles. The van der Waals surface area contributed by atoms with E-state index in [4.69, 9.17) is 5.73 Å². The Morgan fingerprint density at radius 3 is 2.26 bits per heavy atom. The summed E-state index contributed by atoms with van der Waals surface area (Å²) < 4.78 is 0. The molecule has 1 aromatic carbocycles. The van der Waals surface area contributed by atoms with Crippen LogP contribution in [-0.4, -0.2) is 0 Å². The van der Waals surface area contributed by atoms with Gasteiger partial charge in [0.05, 0.1) is 6.04 Å². The van der Waals surface area contributed by atoms with Crippen molar-refractivity contribution in [3.8, 4) is 0 Å². The zero-order valence-corrected chi connectivity index (χ0v) is 13.1. The minimum Gasteiger partial charge on any atom is -0.320 e. The van der Waals surface area contributed by atoms with Crippen LogP contribution in [0.15, 0.2) is 35.0 Å². The Morgan fingerprint density at radius 1 is 1.16 bits per heavy atom. The van der Waals surface area contributed by atoms with Gasteiger partial charge < -0.3 is 5.73 Å². The van der Waals surface area contributed by atoms with Crippen molar-refractivity contribution >= 4 is 11.3 Å². The molecule has 1 heterocycles. The van der Waals surface area contributed by atoms with Crippen LogP contribution in [0.2, 0.25) is 0 Å². The van der Waals surface area contributed by atoms with Gasteiger partial charge in [0, 0.05) is 0 Å². The average molecular weight is 273 g/mol. The first-order valence-electron chi connectivity index (χ1n) is 6.84. The SMILES string of the molecule is CCC(C)(C)c1ccc(C(N)c2cscc2C)cc1. The molecule has 0 fully saturated rings. The van der Waals surface area contributed by atoms with Gasteiger partial charge >= 0.3 is 0 Å². The number of benzene rings is 1. The standard InChI is InChI=1S/C17H23NS/c1-5-17(3,4)14-8-6-13(7-9-14)16(18)15-11-19-10-12(15)2/h6-11,16H,5,18H2,1-4H3. The first-order chi connectivity index (χ1) is 8.95. The van der Waals surface area contributed by atoms with Crippen molar-refractivity contribution in [2.75, 3.05) is 0 Å². The van der Waals surface area contributed by atoms with Gasteiger partial charge in [0.15, 0.2) is 0 Å². The summed E-state index contributed by atoms with van der Waals surface area (Å²) in [6.45, 7) is 8.92. The highest BCUT2D eigenvalue weighted by atomic mass is 32.1. The van der Waals surface area contributed by atoms with E-state index in [2.05, 4.69) is 62.7 Å². The molecular formula is C17H23NS. The molecule has 2 aromatic rings. The fraction of sp³-hybridized carbons (Fsp3) is 0.412. The second kappa shape index (κ2) is 5.48. The number of rotatable bonds is 4. The lowest BCUT2D eigenvalue weighted by atomic mass is 9.81. The molecule has 1 atom stereocenters. The predicted octanol–water partition coefficient (Wildman–Crippen LogP) is 4.79. The topological polar surface area (TPSA) is 26.0 Å². The zero-order chi connectivity index (χ0) is 14.0. The minimum absolute atomic E-state index is 0.00922. The fourth-order valence-corrected chi connectivity index (χ4v) is 3.10. The maximum Gasteiger partial charge on any atom is 0.0562 e. The molecule has 2 heteroatoms. The van der Waals surface area contributed by atoms with Crippen molar-refractivity contribution in [1.29, 1.82) is 0 Å². The van der Waals surface area contributed by atoms with E-state index in [9.17, 15) is 0 Å². The lowest BCUT2D eigenvalue weighted by Gasteiger charge is -2.24. The Hall–Kier alpha value is -1.12. The van der Waals surface area contributed by atoms with Gasteiger partial charge in [0.25, 0.3) is 0 Å². The van der Waals surface area contributed by atoms with E-state index in [1.54, 1.807) is 11.3 Å². The van der Waals surface area contributed by atoms with E-state index in [1.807, 2.05) is 0 Å². The first kappa shape index (κ1) is 14.3. The molecule has 0 bridgehead atoms. The number of aryl methyl sites for hydroxylation is 1. The molecule has 0 saturated heterocycles. The highest BCUT2D eigenvalue weighted by Gasteiger charge is 2.18. The molecule has 0 spiro atoms. The van der Waals surface area contributed by atoms with Crippen molar-refractivity contribution in [1.82, 2.24) is 0 Å². The smallest absolute Gasteiger partial charge is 0.0562 e. The van der Waals surface area contributed by atoms with Crippen LogP contribution in [-0.2, 0) is 5.41 Å². The first-order valence-corrected chi connectivity index (χ1v) is 7.78. The van der Waals surface area contributed by atoms with E-state index < -0.39 is 0 Å². The number of nitrogens with two attached hydrogens (primary N) is 1. The molecule has 102 valence electrons. The second-order valence-electron chi connectivity index (χ2n) is 5.85. The van der Waals surface area contributed by atoms with Gasteiger partial charge in [0.2, 0.25) is 0 Å². The van der Waals surface area contributed by atoms with Crippen LogP contribution in [0.3, 0.4) is 0 Å². The molecule has 1 nitrogen and oxygen atoms in total. The van der Waals surface area contributed by atoms with Crippen molar-refractivity contribution in [3.63, 3.8) is 0 Å². The molecule has 0 aliphatic rings. The van der Waals surface area contributed by atoms with Gasteiger partial charge in [-0.25, -0.2) is 0 Å². The fourth-order valence-electron chi connectivity index (χ4n) is 2.21. The Labute approximate surface area is 120 Å². The summed E-state index contributed by atoms with van der Waals surface area (Å²) in [6.07, 6.45) is 1.14. The Bertz CT molecular complexity index is 537. The van der Waals surface area contributed by atoms with Crippen LogP contribution in [0.4, 0.5) is 0 Å². The largest absolute Gasteiger partial charge is 0.320 e.